The maximum atomic E-state index is 14.0. The summed E-state index contributed by atoms with van der Waals surface area (Å²) in [4.78, 5) is 0. The van der Waals surface area contributed by atoms with Crippen molar-refractivity contribution in [3.63, 3.8) is 0 Å². The molecule has 0 atom stereocenters. The fourth-order valence-electron chi connectivity index (χ4n) is 1.91. The molecule has 0 aliphatic carbocycles. The van der Waals surface area contributed by atoms with Gasteiger partial charge < -0.3 is 14.4 Å². The minimum atomic E-state index is -0.423. The molecular formula is C13H16FN3O2. The maximum absolute atomic E-state index is 14.0. The van der Waals surface area contributed by atoms with Crippen LogP contribution in [-0.2, 0) is 13.2 Å². The Morgan fingerprint density at radius 2 is 2.16 bits per heavy atom. The number of aromatic nitrogens is 3. The van der Waals surface area contributed by atoms with Gasteiger partial charge in [0.2, 0.25) is 0 Å². The highest BCUT2D eigenvalue weighted by Crippen LogP contribution is 2.25. The van der Waals surface area contributed by atoms with Crippen molar-refractivity contribution in [1.82, 2.24) is 14.8 Å². The smallest absolute Gasteiger partial charge is 0.166 e. The van der Waals surface area contributed by atoms with Gasteiger partial charge in [-0.2, -0.15) is 0 Å². The van der Waals surface area contributed by atoms with Crippen molar-refractivity contribution >= 4 is 0 Å². The molecule has 0 aliphatic heterocycles. The molecule has 19 heavy (non-hydrogen) atoms. The first-order valence-corrected chi connectivity index (χ1v) is 6.08. The number of benzene rings is 1. The number of aliphatic hydroxyl groups is 1. The molecule has 0 amide bonds. The van der Waals surface area contributed by atoms with Gasteiger partial charge in [-0.25, -0.2) is 4.39 Å². The second kappa shape index (κ2) is 5.79. The largest absolute Gasteiger partial charge is 0.497 e. The summed E-state index contributed by atoms with van der Waals surface area (Å²) in [6.45, 7) is 2.41. The lowest BCUT2D eigenvalue weighted by molar-refractivity contribution is 0.264. The molecule has 6 heteroatoms. The second-order valence-electron chi connectivity index (χ2n) is 4.10. The number of nitrogens with zero attached hydrogens (tertiary/aromatic N) is 3. The Kier molecular flexibility index (Phi) is 4.11. The fraction of sp³-hybridized carbons (Fsp3) is 0.385. The van der Waals surface area contributed by atoms with Gasteiger partial charge in [0.25, 0.3) is 0 Å². The van der Waals surface area contributed by atoms with Crippen LogP contribution in [0.3, 0.4) is 0 Å². The normalized spacial score (nSPS) is 10.7. The molecule has 0 bridgehead atoms. The molecule has 1 N–H and O–H groups in total. The molecule has 0 aliphatic rings. The van der Waals surface area contributed by atoms with Crippen molar-refractivity contribution in [1.29, 1.82) is 0 Å². The van der Waals surface area contributed by atoms with Crippen molar-refractivity contribution in [2.45, 2.75) is 26.5 Å². The molecular weight excluding hydrogens is 249 g/mol. The third-order valence-corrected chi connectivity index (χ3v) is 2.83. The molecule has 0 saturated carbocycles. The summed E-state index contributed by atoms with van der Waals surface area (Å²) >= 11 is 0. The lowest BCUT2D eigenvalue weighted by Crippen LogP contribution is -2.06. The van der Waals surface area contributed by atoms with Crippen LogP contribution in [0.5, 0.6) is 5.75 Å². The average Bonchev–Trinajstić information content (AvgIpc) is 2.82. The van der Waals surface area contributed by atoms with E-state index in [0.29, 0.717) is 29.5 Å². The van der Waals surface area contributed by atoms with Gasteiger partial charge >= 0.3 is 0 Å². The van der Waals surface area contributed by atoms with E-state index in [0.717, 1.165) is 6.42 Å². The van der Waals surface area contributed by atoms with E-state index in [1.54, 1.807) is 16.7 Å². The molecule has 1 heterocycles. The first-order valence-electron chi connectivity index (χ1n) is 6.08. The summed E-state index contributed by atoms with van der Waals surface area (Å²) in [5, 5.41) is 17.1. The van der Waals surface area contributed by atoms with Crippen molar-refractivity contribution in [3.05, 3.63) is 29.8 Å². The van der Waals surface area contributed by atoms with Crippen LogP contribution in [0.4, 0.5) is 4.39 Å². The van der Waals surface area contributed by atoms with E-state index in [-0.39, 0.29) is 6.61 Å². The maximum Gasteiger partial charge on any atom is 0.166 e. The van der Waals surface area contributed by atoms with Crippen LogP contribution < -0.4 is 4.74 Å². The summed E-state index contributed by atoms with van der Waals surface area (Å²) in [5.74, 6) is 0.886. The Morgan fingerprint density at radius 1 is 1.37 bits per heavy atom. The molecule has 0 spiro atoms. The molecule has 2 aromatic rings. The fourth-order valence-corrected chi connectivity index (χ4v) is 1.91. The van der Waals surface area contributed by atoms with Gasteiger partial charge in [0.15, 0.2) is 11.6 Å². The van der Waals surface area contributed by atoms with Gasteiger partial charge in [0.05, 0.1) is 12.7 Å². The third kappa shape index (κ3) is 2.58. The first-order chi connectivity index (χ1) is 9.21. The lowest BCUT2D eigenvalue weighted by Gasteiger charge is -2.09. The van der Waals surface area contributed by atoms with Gasteiger partial charge in [-0.3, -0.25) is 0 Å². The predicted octanol–water partition coefficient (Wildman–Crippen LogP) is 2.00. The quantitative estimate of drug-likeness (QED) is 0.898. The molecule has 0 unspecified atom stereocenters. The van der Waals surface area contributed by atoms with E-state index in [9.17, 15) is 9.50 Å². The van der Waals surface area contributed by atoms with E-state index in [1.165, 1.54) is 13.2 Å². The highest BCUT2D eigenvalue weighted by atomic mass is 19.1. The first kappa shape index (κ1) is 13.5. The van der Waals surface area contributed by atoms with Crippen molar-refractivity contribution in [2.24, 2.45) is 0 Å². The van der Waals surface area contributed by atoms with Crippen LogP contribution in [0.2, 0.25) is 0 Å². The number of rotatable bonds is 5. The van der Waals surface area contributed by atoms with Crippen LogP contribution in [0.15, 0.2) is 18.2 Å². The molecule has 5 nitrogen and oxygen atoms in total. The van der Waals surface area contributed by atoms with Crippen LogP contribution in [0, 0.1) is 5.82 Å². The predicted molar refractivity (Wildman–Crippen MR) is 68.2 cm³/mol. The zero-order valence-corrected chi connectivity index (χ0v) is 10.9. The third-order valence-electron chi connectivity index (χ3n) is 2.83. The summed E-state index contributed by atoms with van der Waals surface area (Å²) in [6, 6.07) is 4.58. The number of ether oxygens (including phenoxy) is 1. The zero-order valence-electron chi connectivity index (χ0n) is 10.9. The van der Waals surface area contributed by atoms with Gasteiger partial charge in [-0.05, 0) is 18.6 Å². The van der Waals surface area contributed by atoms with E-state index in [1.807, 2.05) is 6.92 Å². The van der Waals surface area contributed by atoms with Crippen molar-refractivity contribution < 1.29 is 14.2 Å². The lowest BCUT2D eigenvalue weighted by atomic mass is 10.2. The number of halogens is 1. The summed E-state index contributed by atoms with van der Waals surface area (Å²) in [6.07, 6.45) is 0.843. The Morgan fingerprint density at radius 3 is 2.74 bits per heavy atom. The van der Waals surface area contributed by atoms with Gasteiger partial charge in [0, 0.05) is 12.6 Å². The van der Waals surface area contributed by atoms with Crippen LogP contribution in [0.25, 0.3) is 11.4 Å². The highest BCUT2D eigenvalue weighted by Gasteiger charge is 2.16. The highest BCUT2D eigenvalue weighted by molar-refractivity contribution is 5.57. The van der Waals surface area contributed by atoms with E-state index in [2.05, 4.69) is 10.2 Å². The van der Waals surface area contributed by atoms with E-state index >= 15 is 0 Å². The van der Waals surface area contributed by atoms with E-state index in [4.69, 9.17) is 4.74 Å². The standard InChI is InChI=1S/C13H16FN3O2/c1-3-6-17-12(8-18)15-16-13(17)10-5-4-9(19-2)7-11(10)14/h4-5,7,18H,3,6,8H2,1-2H3. The van der Waals surface area contributed by atoms with Crippen molar-refractivity contribution in [2.75, 3.05) is 7.11 Å². The summed E-state index contributed by atoms with van der Waals surface area (Å²) in [7, 11) is 1.48. The topological polar surface area (TPSA) is 60.2 Å². The SMILES string of the molecule is CCCn1c(CO)nnc1-c1ccc(OC)cc1F. The van der Waals surface area contributed by atoms with Gasteiger partial charge in [-0.1, -0.05) is 6.92 Å². The Balaban J connectivity index is 2.49. The average molecular weight is 265 g/mol. The number of hydrogen-bond acceptors (Lipinski definition) is 4. The monoisotopic (exact) mass is 265 g/mol. The summed E-state index contributed by atoms with van der Waals surface area (Å²) in [5.41, 5.74) is 0.349. The van der Waals surface area contributed by atoms with Crippen molar-refractivity contribution in [3.8, 4) is 17.1 Å². The Bertz CT molecular complexity index is 569. The van der Waals surface area contributed by atoms with Crippen LogP contribution in [0.1, 0.15) is 19.2 Å². The molecule has 1 aromatic heterocycles. The number of methoxy groups -OCH3 is 1. The summed E-state index contributed by atoms with van der Waals surface area (Å²) < 4.78 is 20.7. The molecule has 102 valence electrons. The van der Waals surface area contributed by atoms with Crippen LogP contribution >= 0.6 is 0 Å². The minimum absolute atomic E-state index is 0.217. The Labute approximate surface area is 110 Å². The van der Waals surface area contributed by atoms with Gasteiger partial charge in [0.1, 0.15) is 18.2 Å². The molecule has 0 fully saturated rings. The molecule has 2 rings (SSSR count). The van der Waals surface area contributed by atoms with E-state index < -0.39 is 5.82 Å². The molecule has 0 saturated heterocycles. The van der Waals surface area contributed by atoms with Gasteiger partial charge in [-0.15, -0.1) is 10.2 Å². The number of aliphatic hydroxyl groups excluding tert-OH is 1. The zero-order chi connectivity index (χ0) is 13.8. The molecule has 0 radical (unpaired) electrons. The Hall–Kier alpha value is -1.95. The molecule has 1 aromatic carbocycles. The second-order valence-corrected chi connectivity index (χ2v) is 4.10. The minimum Gasteiger partial charge on any atom is -0.497 e. The van der Waals surface area contributed by atoms with Crippen LogP contribution in [-0.4, -0.2) is 27.0 Å². The number of hydrogen-bond donors (Lipinski definition) is 1.